The minimum absolute atomic E-state index is 0.0128. The predicted molar refractivity (Wildman–Crippen MR) is 111 cm³/mol. The van der Waals surface area contributed by atoms with Gasteiger partial charge < -0.3 is 5.32 Å². The number of amides is 1. The molecule has 1 amide bonds. The average Bonchev–Trinajstić information content (AvgIpc) is 2.74. The van der Waals surface area contributed by atoms with Crippen LogP contribution in [0.3, 0.4) is 0 Å². The van der Waals surface area contributed by atoms with Crippen molar-refractivity contribution in [2.75, 3.05) is 10.0 Å². The van der Waals surface area contributed by atoms with Crippen LogP contribution in [0.4, 0.5) is 11.6 Å². The third kappa shape index (κ3) is 4.22. The number of sulfonamides is 1. The molecule has 0 radical (unpaired) electrons. The van der Waals surface area contributed by atoms with Crippen molar-refractivity contribution in [2.24, 2.45) is 0 Å². The molecule has 0 bridgehead atoms. The van der Waals surface area contributed by atoms with E-state index in [1.165, 1.54) is 36.7 Å². The van der Waals surface area contributed by atoms with Crippen LogP contribution >= 0.6 is 0 Å². The van der Waals surface area contributed by atoms with Crippen molar-refractivity contribution in [3.63, 3.8) is 0 Å². The van der Waals surface area contributed by atoms with E-state index in [9.17, 15) is 13.2 Å². The lowest BCUT2D eigenvalue weighted by Crippen LogP contribution is -2.15. The Morgan fingerprint density at radius 2 is 1.48 bits per heavy atom. The van der Waals surface area contributed by atoms with E-state index in [1.807, 2.05) is 36.4 Å². The summed E-state index contributed by atoms with van der Waals surface area (Å²) in [6, 6.07) is 20.7. The summed E-state index contributed by atoms with van der Waals surface area (Å²) in [7, 11) is -3.82. The van der Waals surface area contributed by atoms with Gasteiger partial charge in [0.05, 0.1) is 4.90 Å². The Morgan fingerprint density at radius 1 is 0.793 bits per heavy atom. The van der Waals surface area contributed by atoms with Crippen LogP contribution < -0.4 is 10.0 Å². The molecule has 0 aliphatic carbocycles. The Morgan fingerprint density at radius 3 is 2.21 bits per heavy atom. The number of aromatic nitrogens is 2. The number of rotatable bonds is 5. The van der Waals surface area contributed by atoms with Crippen LogP contribution in [0.1, 0.15) is 10.4 Å². The van der Waals surface area contributed by atoms with Crippen molar-refractivity contribution in [3.8, 4) is 0 Å². The zero-order chi connectivity index (χ0) is 20.3. The SMILES string of the molecule is O=C(Nc1ccc(S(=O)(=O)Nc2ncccn2)cc1)c1ccc2ccccc2c1. The van der Waals surface area contributed by atoms with Crippen molar-refractivity contribution in [1.29, 1.82) is 0 Å². The molecule has 8 heteroatoms. The number of nitrogens with zero attached hydrogens (tertiary/aromatic N) is 2. The molecule has 0 fully saturated rings. The van der Waals surface area contributed by atoms with Gasteiger partial charge in [0.15, 0.2) is 0 Å². The minimum Gasteiger partial charge on any atom is -0.322 e. The van der Waals surface area contributed by atoms with Crippen molar-refractivity contribution in [3.05, 3.63) is 90.8 Å². The maximum Gasteiger partial charge on any atom is 0.264 e. The fourth-order valence-corrected chi connectivity index (χ4v) is 3.74. The van der Waals surface area contributed by atoms with Crippen LogP contribution in [-0.4, -0.2) is 24.3 Å². The lowest BCUT2D eigenvalue weighted by Gasteiger charge is -2.09. The van der Waals surface area contributed by atoms with Crippen molar-refractivity contribution < 1.29 is 13.2 Å². The number of nitrogens with one attached hydrogen (secondary N) is 2. The molecule has 0 atom stereocenters. The van der Waals surface area contributed by atoms with E-state index in [1.54, 1.807) is 12.1 Å². The predicted octanol–water partition coefficient (Wildman–Crippen LogP) is 3.68. The van der Waals surface area contributed by atoms with Crippen LogP contribution in [-0.2, 0) is 10.0 Å². The number of carbonyl (C=O) groups excluding carboxylic acids is 1. The zero-order valence-corrected chi connectivity index (χ0v) is 15.9. The van der Waals surface area contributed by atoms with Crippen molar-refractivity contribution in [2.45, 2.75) is 4.90 Å². The van der Waals surface area contributed by atoms with E-state index in [-0.39, 0.29) is 16.8 Å². The van der Waals surface area contributed by atoms with E-state index in [2.05, 4.69) is 20.0 Å². The highest BCUT2D eigenvalue weighted by Gasteiger charge is 2.15. The van der Waals surface area contributed by atoms with Gasteiger partial charge in [-0.25, -0.2) is 23.1 Å². The molecule has 144 valence electrons. The van der Waals surface area contributed by atoms with E-state index < -0.39 is 10.0 Å². The monoisotopic (exact) mass is 404 g/mol. The van der Waals surface area contributed by atoms with E-state index >= 15 is 0 Å². The second-order valence-electron chi connectivity index (χ2n) is 6.22. The van der Waals surface area contributed by atoms with Gasteiger partial charge in [-0.3, -0.25) is 4.79 Å². The number of benzene rings is 3. The molecule has 4 aromatic rings. The summed E-state index contributed by atoms with van der Waals surface area (Å²) >= 11 is 0. The fourth-order valence-electron chi connectivity index (χ4n) is 2.78. The topological polar surface area (TPSA) is 101 Å². The quantitative estimate of drug-likeness (QED) is 0.528. The second kappa shape index (κ2) is 7.69. The highest BCUT2D eigenvalue weighted by molar-refractivity contribution is 7.92. The van der Waals surface area contributed by atoms with Crippen LogP contribution in [0.5, 0.6) is 0 Å². The number of hydrogen-bond donors (Lipinski definition) is 2. The second-order valence-corrected chi connectivity index (χ2v) is 7.90. The molecule has 29 heavy (non-hydrogen) atoms. The minimum atomic E-state index is -3.82. The smallest absolute Gasteiger partial charge is 0.264 e. The first-order chi connectivity index (χ1) is 14.0. The van der Waals surface area contributed by atoms with Gasteiger partial charge in [0.1, 0.15) is 0 Å². The molecule has 3 aromatic carbocycles. The molecule has 0 aliphatic heterocycles. The summed E-state index contributed by atoms with van der Waals surface area (Å²) in [5.41, 5.74) is 1.00. The van der Waals surface area contributed by atoms with Crippen molar-refractivity contribution in [1.82, 2.24) is 9.97 Å². The summed E-state index contributed by atoms with van der Waals surface area (Å²) in [4.78, 5) is 20.2. The molecule has 1 heterocycles. The van der Waals surface area contributed by atoms with E-state index in [4.69, 9.17) is 0 Å². The standard InChI is InChI=1S/C21H16N4O3S/c26-20(17-7-6-15-4-1-2-5-16(15)14-17)24-18-8-10-19(11-9-18)29(27,28)25-21-22-12-3-13-23-21/h1-14H,(H,24,26)(H,22,23,25). The maximum atomic E-state index is 12.5. The molecule has 0 unspecified atom stereocenters. The maximum absolute atomic E-state index is 12.5. The van der Waals surface area contributed by atoms with Gasteiger partial charge in [-0.05, 0) is 53.2 Å². The highest BCUT2D eigenvalue weighted by atomic mass is 32.2. The third-order valence-electron chi connectivity index (χ3n) is 4.23. The number of carbonyl (C=O) groups is 1. The van der Waals surface area contributed by atoms with Crippen molar-refractivity contribution >= 4 is 38.3 Å². The van der Waals surface area contributed by atoms with Crippen LogP contribution in [0.2, 0.25) is 0 Å². The molecule has 4 rings (SSSR count). The number of hydrogen-bond acceptors (Lipinski definition) is 5. The number of anilines is 2. The van der Waals surface area contributed by atoms with Crippen LogP contribution in [0.15, 0.2) is 90.1 Å². The largest absolute Gasteiger partial charge is 0.322 e. The summed E-state index contributed by atoms with van der Waals surface area (Å²) in [6.45, 7) is 0. The first-order valence-corrected chi connectivity index (χ1v) is 10.2. The van der Waals surface area contributed by atoms with Crippen LogP contribution in [0.25, 0.3) is 10.8 Å². The Bertz CT molecular complexity index is 1270. The molecule has 0 saturated carbocycles. The molecule has 7 nitrogen and oxygen atoms in total. The first-order valence-electron chi connectivity index (χ1n) is 8.71. The Balaban J connectivity index is 1.49. The molecule has 2 N–H and O–H groups in total. The Hall–Kier alpha value is -3.78. The third-order valence-corrected chi connectivity index (χ3v) is 5.57. The summed E-state index contributed by atoms with van der Waals surface area (Å²) in [5.74, 6) is -0.289. The summed E-state index contributed by atoms with van der Waals surface area (Å²) in [5, 5.41) is 4.79. The lowest BCUT2D eigenvalue weighted by atomic mass is 10.1. The summed E-state index contributed by atoms with van der Waals surface area (Å²) in [6.07, 6.45) is 2.88. The Labute approximate surface area is 167 Å². The van der Waals surface area contributed by atoms with Gasteiger partial charge in [0.2, 0.25) is 5.95 Å². The highest BCUT2D eigenvalue weighted by Crippen LogP contribution is 2.19. The van der Waals surface area contributed by atoms with Gasteiger partial charge in [0, 0.05) is 23.6 Å². The van der Waals surface area contributed by atoms with Gasteiger partial charge in [0.25, 0.3) is 15.9 Å². The van der Waals surface area contributed by atoms with Gasteiger partial charge in [-0.1, -0.05) is 30.3 Å². The Kier molecular flexibility index (Phi) is 4.92. The van der Waals surface area contributed by atoms with E-state index in [0.29, 0.717) is 11.3 Å². The van der Waals surface area contributed by atoms with Gasteiger partial charge in [-0.2, -0.15) is 0 Å². The van der Waals surface area contributed by atoms with Crippen LogP contribution in [0, 0.1) is 0 Å². The molecule has 0 saturated heterocycles. The van der Waals surface area contributed by atoms with Gasteiger partial charge in [-0.15, -0.1) is 0 Å². The van der Waals surface area contributed by atoms with Gasteiger partial charge >= 0.3 is 0 Å². The van der Waals surface area contributed by atoms with E-state index in [0.717, 1.165) is 10.8 Å². The first kappa shape index (κ1) is 18.6. The zero-order valence-electron chi connectivity index (χ0n) is 15.1. The average molecular weight is 404 g/mol. The fraction of sp³-hybridized carbons (Fsp3) is 0. The normalized spacial score (nSPS) is 11.2. The number of fused-ring (bicyclic) bond motifs is 1. The molecular formula is C21H16N4O3S. The molecule has 0 spiro atoms. The molecular weight excluding hydrogens is 388 g/mol. The molecule has 1 aromatic heterocycles. The molecule has 0 aliphatic rings. The lowest BCUT2D eigenvalue weighted by molar-refractivity contribution is 0.102. The summed E-state index contributed by atoms with van der Waals surface area (Å²) < 4.78 is 27.1.